The molecule has 0 aliphatic heterocycles. The first-order chi connectivity index (χ1) is 26.1. The first-order valence-electron chi connectivity index (χ1n) is 16.7. The van der Waals surface area contributed by atoms with Gasteiger partial charge in [0.15, 0.2) is 0 Å². The van der Waals surface area contributed by atoms with E-state index in [1.807, 2.05) is 84.9 Å². The number of nitrogens with zero attached hydrogens (tertiary/aromatic N) is 8. The monoisotopic (exact) mass is 829 g/mol. The molecule has 13 nitrogen and oxygen atoms in total. The average Bonchev–Trinajstić information content (AvgIpc) is 3.69. The molecule has 6 aromatic heterocycles. The second kappa shape index (κ2) is 17.4. The summed E-state index contributed by atoms with van der Waals surface area (Å²) < 4.78 is 1.63. The third-order valence-electron chi connectivity index (χ3n) is 7.88. The van der Waals surface area contributed by atoms with Crippen LogP contribution < -0.4 is 21.3 Å². The predicted molar refractivity (Wildman–Crippen MR) is 217 cm³/mol. The summed E-state index contributed by atoms with van der Waals surface area (Å²) in [5.41, 5.74) is 5.81. The standard InChI is InChI=1S/C20H17BrN6.C18H16BrN7/c21-17-13-25-20(26-16-6-7-18-14(12-16)4-3-10-23-18)27-19(17)24-11-8-15-5-1-2-9-22-15;19-14-11-22-18(24-15-5-3-6-16-13(15)10-23-26-16)25-17(14)21-9-7-12-4-1-2-8-20-12/h1-7,9-10,12-13H,8,11H2,(H2,24,25,26,27);1-6,8,10-11H,7,9H2,(H,23,26)(H2,21,22,24,25). The van der Waals surface area contributed by atoms with Gasteiger partial charge < -0.3 is 21.3 Å². The number of aromatic amines is 1. The highest BCUT2D eigenvalue weighted by Gasteiger charge is 2.09. The van der Waals surface area contributed by atoms with Crippen LogP contribution in [0.15, 0.2) is 131 Å². The molecule has 264 valence electrons. The summed E-state index contributed by atoms with van der Waals surface area (Å²) in [6, 6.07) is 27.6. The minimum Gasteiger partial charge on any atom is -0.369 e. The summed E-state index contributed by atoms with van der Waals surface area (Å²) in [6.45, 7) is 1.46. The molecule has 53 heavy (non-hydrogen) atoms. The zero-order valence-electron chi connectivity index (χ0n) is 28.2. The number of hydrogen-bond acceptors (Lipinski definition) is 12. The van der Waals surface area contributed by atoms with Crippen LogP contribution in [0.1, 0.15) is 11.4 Å². The molecule has 0 saturated carbocycles. The SMILES string of the molecule is Brc1cnc(Nc2ccc3ncccc3c2)nc1NCCc1ccccn1.Brc1cnc(Nc2cccc3[nH]ncc23)nc1NCCc1ccccn1. The lowest BCUT2D eigenvalue weighted by Gasteiger charge is -2.10. The van der Waals surface area contributed by atoms with Gasteiger partial charge in [0.05, 0.1) is 31.9 Å². The van der Waals surface area contributed by atoms with E-state index in [1.165, 1.54) is 0 Å². The van der Waals surface area contributed by atoms with E-state index in [9.17, 15) is 0 Å². The zero-order chi connectivity index (χ0) is 36.2. The van der Waals surface area contributed by atoms with Crippen LogP contribution in [-0.2, 0) is 12.8 Å². The van der Waals surface area contributed by atoms with Crippen molar-refractivity contribution < 1.29 is 0 Å². The maximum atomic E-state index is 4.56. The Balaban J connectivity index is 0.000000164. The van der Waals surface area contributed by atoms with Crippen LogP contribution >= 0.6 is 31.9 Å². The minimum atomic E-state index is 0.516. The number of benzene rings is 2. The third-order valence-corrected chi connectivity index (χ3v) is 9.04. The third kappa shape index (κ3) is 9.64. The van der Waals surface area contributed by atoms with Gasteiger partial charge in [-0.3, -0.25) is 20.1 Å². The van der Waals surface area contributed by atoms with Crippen molar-refractivity contribution in [3.63, 3.8) is 0 Å². The van der Waals surface area contributed by atoms with Crippen molar-refractivity contribution in [1.29, 1.82) is 0 Å². The fourth-order valence-electron chi connectivity index (χ4n) is 5.29. The molecule has 0 bridgehead atoms. The van der Waals surface area contributed by atoms with Gasteiger partial charge in [0.2, 0.25) is 11.9 Å². The van der Waals surface area contributed by atoms with Gasteiger partial charge in [0, 0.05) is 84.8 Å². The molecule has 0 atom stereocenters. The lowest BCUT2D eigenvalue weighted by Crippen LogP contribution is -2.09. The van der Waals surface area contributed by atoms with Crippen molar-refractivity contribution in [1.82, 2.24) is 45.1 Å². The highest BCUT2D eigenvalue weighted by atomic mass is 79.9. The molecule has 8 aromatic rings. The van der Waals surface area contributed by atoms with Crippen LogP contribution in [0.3, 0.4) is 0 Å². The van der Waals surface area contributed by atoms with E-state index in [4.69, 9.17) is 0 Å². The average molecular weight is 832 g/mol. The van der Waals surface area contributed by atoms with Gasteiger partial charge in [-0.15, -0.1) is 0 Å². The molecule has 0 aliphatic carbocycles. The Kier molecular flexibility index (Phi) is 11.6. The molecule has 8 rings (SSSR count). The van der Waals surface area contributed by atoms with Crippen molar-refractivity contribution in [3.8, 4) is 0 Å². The second-order valence-corrected chi connectivity index (χ2v) is 13.3. The molecule has 2 aromatic carbocycles. The normalized spacial score (nSPS) is 10.8. The van der Waals surface area contributed by atoms with Crippen LogP contribution in [-0.4, -0.2) is 58.2 Å². The van der Waals surface area contributed by atoms with E-state index in [2.05, 4.69) is 98.2 Å². The highest BCUT2D eigenvalue weighted by molar-refractivity contribution is 9.11. The Morgan fingerprint density at radius 2 is 1.25 bits per heavy atom. The summed E-state index contributed by atoms with van der Waals surface area (Å²) in [4.78, 5) is 30.8. The van der Waals surface area contributed by atoms with E-state index in [0.717, 1.165) is 91.1 Å². The number of halogens is 2. The molecule has 0 fully saturated rings. The van der Waals surface area contributed by atoms with Crippen molar-refractivity contribution in [2.75, 3.05) is 34.4 Å². The predicted octanol–water partition coefficient (Wildman–Crippen LogP) is 8.49. The van der Waals surface area contributed by atoms with Gasteiger partial charge in [-0.2, -0.15) is 15.1 Å². The van der Waals surface area contributed by atoms with Crippen LogP contribution in [0.4, 0.5) is 34.9 Å². The number of hydrogen-bond donors (Lipinski definition) is 5. The van der Waals surface area contributed by atoms with Crippen LogP contribution in [0.5, 0.6) is 0 Å². The van der Waals surface area contributed by atoms with Crippen molar-refractivity contribution in [2.24, 2.45) is 0 Å². The van der Waals surface area contributed by atoms with E-state index in [1.54, 1.807) is 37.2 Å². The Hall–Kier alpha value is -6.06. The maximum Gasteiger partial charge on any atom is 0.229 e. The van der Waals surface area contributed by atoms with Gasteiger partial charge in [-0.25, -0.2) is 9.97 Å². The molecule has 6 heterocycles. The summed E-state index contributed by atoms with van der Waals surface area (Å²) >= 11 is 6.99. The summed E-state index contributed by atoms with van der Waals surface area (Å²) in [5, 5.41) is 22.2. The first-order valence-corrected chi connectivity index (χ1v) is 18.3. The van der Waals surface area contributed by atoms with Gasteiger partial charge in [-0.1, -0.05) is 24.3 Å². The van der Waals surface area contributed by atoms with Gasteiger partial charge in [0.25, 0.3) is 0 Å². The summed E-state index contributed by atoms with van der Waals surface area (Å²) in [6.07, 6.45) is 12.3. The van der Waals surface area contributed by atoms with Gasteiger partial charge in [0.1, 0.15) is 11.6 Å². The molecule has 0 amide bonds. The number of H-pyrrole nitrogens is 1. The van der Waals surface area contributed by atoms with E-state index >= 15 is 0 Å². The van der Waals surface area contributed by atoms with Crippen LogP contribution in [0.25, 0.3) is 21.8 Å². The van der Waals surface area contributed by atoms with E-state index in [-0.39, 0.29) is 0 Å². The molecular weight excluding hydrogens is 798 g/mol. The fraction of sp³-hybridized carbons (Fsp3) is 0.105. The molecule has 0 saturated heterocycles. The van der Waals surface area contributed by atoms with Crippen molar-refractivity contribution >= 4 is 88.6 Å². The Bertz CT molecular complexity index is 2410. The molecule has 5 N–H and O–H groups in total. The quantitative estimate of drug-likeness (QED) is 0.0798. The molecule has 15 heteroatoms. The number of fused-ring (bicyclic) bond motifs is 2. The fourth-order valence-corrected chi connectivity index (χ4v) is 5.96. The number of rotatable bonds is 12. The lowest BCUT2D eigenvalue weighted by molar-refractivity contribution is 0.949. The van der Waals surface area contributed by atoms with Crippen molar-refractivity contribution in [2.45, 2.75) is 12.8 Å². The highest BCUT2D eigenvalue weighted by Crippen LogP contribution is 2.27. The molecule has 0 unspecified atom stereocenters. The second-order valence-electron chi connectivity index (χ2n) is 11.6. The smallest absolute Gasteiger partial charge is 0.229 e. The van der Waals surface area contributed by atoms with E-state index < -0.39 is 0 Å². The Morgan fingerprint density at radius 1 is 0.585 bits per heavy atom. The van der Waals surface area contributed by atoms with Gasteiger partial charge >= 0.3 is 0 Å². The Morgan fingerprint density at radius 3 is 1.91 bits per heavy atom. The van der Waals surface area contributed by atoms with E-state index in [0.29, 0.717) is 11.9 Å². The zero-order valence-corrected chi connectivity index (χ0v) is 31.4. The number of aromatic nitrogens is 9. The molecule has 0 radical (unpaired) electrons. The number of pyridine rings is 3. The largest absolute Gasteiger partial charge is 0.369 e. The summed E-state index contributed by atoms with van der Waals surface area (Å²) in [7, 11) is 0. The summed E-state index contributed by atoms with van der Waals surface area (Å²) in [5.74, 6) is 2.52. The van der Waals surface area contributed by atoms with Gasteiger partial charge in [-0.05, 0) is 92.5 Å². The first kappa shape index (κ1) is 35.3. The molecule has 0 spiro atoms. The topological polar surface area (TPSA) is 167 Å². The van der Waals surface area contributed by atoms with Crippen LogP contribution in [0, 0.1) is 0 Å². The minimum absolute atomic E-state index is 0.516. The molecular formula is C38H33Br2N13. The Labute approximate surface area is 321 Å². The number of nitrogens with one attached hydrogen (secondary N) is 5. The number of anilines is 6. The van der Waals surface area contributed by atoms with Crippen molar-refractivity contribution in [3.05, 3.63) is 142 Å². The lowest BCUT2D eigenvalue weighted by atomic mass is 10.2. The molecule has 0 aliphatic rings. The van der Waals surface area contributed by atoms with Crippen LogP contribution in [0.2, 0.25) is 0 Å². The maximum absolute atomic E-state index is 4.56.